The van der Waals surface area contributed by atoms with Crippen LogP contribution in [0.5, 0.6) is 11.5 Å². The molecule has 0 radical (unpaired) electrons. The fourth-order valence-corrected chi connectivity index (χ4v) is 6.86. The van der Waals surface area contributed by atoms with Gasteiger partial charge in [0.25, 0.3) is 0 Å². The molecule has 0 saturated carbocycles. The lowest BCUT2D eigenvalue weighted by molar-refractivity contribution is 0.0529. The number of rotatable bonds is 11. The van der Waals surface area contributed by atoms with Gasteiger partial charge in [-0.05, 0) is 43.4 Å². The van der Waals surface area contributed by atoms with Crippen molar-refractivity contribution in [1.82, 2.24) is 0 Å². The van der Waals surface area contributed by atoms with E-state index in [-0.39, 0.29) is 13.6 Å². The molecule has 33 heavy (non-hydrogen) atoms. The van der Waals surface area contributed by atoms with Crippen molar-refractivity contribution in [2.75, 3.05) is 34.0 Å². The van der Waals surface area contributed by atoms with Gasteiger partial charge in [0.15, 0.2) is 13.6 Å². The summed E-state index contributed by atoms with van der Waals surface area (Å²) in [6.45, 7) is 2.66. The maximum Gasteiger partial charge on any atom is 0.188 e. The summed E-state index contributed by atoms with van der Waals surface area (Å²) < 4.78 is 23.0. The van der Waals surface area contributed by atoms with E-state index in [2.05, 4.69) is 79.7 Å². The molecular weight excluding hydrogens is 431 g/mol. The van der Waals surface area contributed by atoms with Gasteiger partial charge in [-0.25, -0.2) is 0 Å². The summed E-state index contributed by atoms with van der Waals surface area (Å²) in [5, 5.41) is 6.96. The van der Waals surface area contributed by atoms with E-state index >= 15 is 0 Å². The van der Waals surface area contributed by atoms with Gasteiger partial charge >= 0.3 is 0 Å². The summed E-state index contributed by atoms with van der Waals surface area (Å²) in [7, 11) is 2.58. The lowest BCUT2D eigenvalue weighted by atomic mass is 10.1. The van der Waals surface area contributed by atoms with Gasteiger partial charge in [0.05, 0.1) is 0 Å². The van der Waals surface area contributed by atoms with Gasteiger partial charge in [-0.1, -0.05) is 74.0 Å². The third kappa shape index (κ3) is 5.14. The summed E-state index contributed by atoms with van der Waals surface area (Å²) in [6.07, 6.45) is 3.30. The second kappa shape index (κ2) is 11.5. The maximum atomic E-state index is 6.22. The monoisotopic (exact) mass is 462 g/mol. The lowest BCUT2D eigenvalue weighted by Gasteiger charge is -2.25. The van der Waals surface area contributed by atoms with Crippen molar-refractivity contribution in [2.45, 2.75) is 19.8 Å². The smallest absolute Gasteiger partial charge is 0.188 e. The average molecular weight is 463 g/mol. The molecule has 0 heterocycles. The number of methoxy groups -OCH3 is 2. The fraction of sp³-hybridized carbons (Fsp3) is 0.286. The predicted molar refractivity (Wildman–Crippen MR) is 139 cm³/mol. The summed E-state index contributed by atoms with van der Waals surface area (Å²) >= 11 is 0. The zero-order valence-electron chi connectivity index (χ0n) is 19.5. The molecule has 0 aromatic heterocycles. The molecule has 0 bridgehead atoms. The SMILES string of the molecule is CCCCP(c1ccc2ccccc2c1OCOC)c1ccc2ccccc2c1OCOC. The number of hydrogen-bond acceptors (Lipinski definition) is 4. The van der Waals surface area contributed by atoms with Crippen LogP contribution in [0.3, 0.4) is 0 Å². The highest BCUT2D eigenvalue weighted by Gasteiger charge is 2.24. The first-order chi connectivity index (χ1) is 16.3. The quantitative estimate of drug-likeness (QED) is 0.197. The number of hydrogen-bond donors (Lipinski definition) is 0. The van der Waals surface area contributed by atoms with Crippen molar-refractivity contribution in [3.63, 3.8) is 0 Å². The van der Waals surface area contributed by atoms with Gasteiger partial charge in [-0.15, -0.1) is 0 Å². The topological polar surface area (TPSA) is 36.9 Å². The fourth-order valence-electron chi connectivity index (χ4n) is 4.11. The van der Waals surface area contributed by atoms with Gasteiger partial charge in [0, 0.05) is 35.6 Å². The minimum atomic E-state index is -0.739. The van der Waals surface area contributed by atoms with Gasteiger partial charge in [-0.2, -0.15) is 0 Å². The molecule has 0 N–H and O–H groups in total. The molecule has 5 heteroatoms. The van der Waals surface area contributed by atoms with Crippen LogP contribution < -0.4 is 20.1 Å². The van der Waals surface area contributed by atoms with Gasteiger partial charge in [0.1, 0.15) is 11.5 Å². The number of benzene rings is 4. The van der Waals surface area contributed by atoms with Crippen molar-refractivity contribution in [3.05, 3.63) is 72.8 Å². The summed E-state index contributed by atoms with van der Waals surface area (Å²) in [4.78, 5) is 0. The molecular formula is C28H31O4P. The van der Waals surface area contributed by atoms with Crippen LogP contribution >= 0.6 is 7.92 Å². The standard InChI is InChI=1S/C28H31O4P/c1-4-5-18-33(25-16-14-21-10-6-8-12-23(21)27(25)31-19-29-2)26-17-15-22-11-7-9-13-24(22)28(26)32-20-30-3/h6-17H,4-5,18-20H2,1-3H3. The zero-order chi connectivity index (χ0) is 23.0. The number of fused-ring (bicyclic) bond motifs is 2. The Hall–Kier alpha value is -2.65. The predicted octanol–water partition coefficient (Wildman–Crippen LogP) is 6.19. The van der Waals surface area contributed by atoms with Crippen molar-refractivity contribution >= 4 is 40.1 Å². The minimum absolute atomic E-state index is 0.211. The van der Waals surface area contributed by atoms with E-state index in [1.807, 2.05) is 0 Å². The molecule has 172 valence electrons. The third-order valence-electron chi connectivity index (χ3n) is 5.68. The molecule has 0 fully saturated rings. The number of unbranched alkanes of at least 4 members (excludes halogenated alkanes) is 1. The molecule has 0 spiro atoms. The van der Waals surface area contributed by atoms with Crippen molar-refractivity contribution in [1.29, 1.82) is 0 Å². The molecule has 0 aliphatic carbocycles. The van der Waals surface area contributed by atoms with Crippen LogP contribution in [0.25, 0.3) is 21.5 Å². The Kier molecular flexibility index (Phi) is 8.17. The van der Waals surface area contributed by atoms with Gasteiger partial charge < -0.3 is 18.9 Å². The van der Waals surface area contributed by atoms with E-state index in [1.165, 1.54) is 10.6 Å². The zero-order valence-corrected chi connectivity index (χ0v) is 20.4. The molecule has 4 nitrogen and oxygen atoms in total. The third-order valence-corrected chi connectivity index (χ3v) is 8.31. The minimum Gasteiger partial charge on any atom is -0.466 e. The molecule has 0 aliphatic heterocycles. The summed E-state index contributed by atoms with van der Waals surface area (Å²) in [5.74, 6) is 1.81. The maximum absolute atomic E-state index is 6.22. The van der Waals surface area contributed by atoms with E-state index in [1.54, 1.807) is 14.2 Å². The molecule has 4 aromatic carbocycles. The Bertz CT molecular complexity index is 1120. The highest BCUT2D eigenvalue weighted by atomic mass is 31.1. The van der Waals surface area contributed by atoms with Crippen LogP contribution in [-0.2, 0) is 9.47 Å². The normalized spacial score (nSPS) is 11.4. The molecule has 0 saturated heterocycles. The highest BCUT2D eigenvalue weighted by molar-refractivity contribution is 7.73. The van der Waals surface area contributed by atoms with E-state index in [9.17, 15) is 0 Å². The van der Waals surface area contributed by atoms with Crippen LogP contribution in [0.4, 0.5) is 0 Å². The molecule has 0 unspecified atom stereocenters. The highest BCUT2D eigenvalue weighted by Crippen LogP contribution is 2.44. The first kappa shape index (κ1) is 23.5. The van der Waals surface area contributed by atoms with E-state index in [0.29, 0.717) is 0 Å². The van der Waals surface area contributed by atoms with Crippen molar-refractivity contribution in [3.8, 4) is 11.5 Å². The molecule has 0 aliphatic rings. The van der Waals surface area contributed by atoms with Crippen molar-refractivity contribution in [2.24, 2.45) is 0 Å². The van der Waals surface area contributed by atoms with Crippen molar-refractivity contribution < 1.29 is 18.9 Å². The largest absolute Gasteiger partial charge is 0.466 e. The Balaban J connectivity index is 1.93. The van der Waals surface area contributed by atoms with Crippen LogP contribution in [0.15, 0.2) is 72.8 Å². The van der Waals surface area contributed by atoms with E-state index in [0.717, 1.165) is 52.0 Å². The van der Waals surface area contributed by atoms with Gasteiger partial charge in [0.2, 0.25) is 0 Å². The average Bonchev–Trinajstić information content (AvgIpc) is 2.86. The Morgan fingerprint density at radius 3 is 1.58 bits per heavy atom. The summed E-state index contributed by atoms with van der Waals surface area (Å²) in [5.41, 5.74) is 0. The Morgan fingerprint density at radius 2 is 1.12 bits per heavy atom. The molecule has 0 atom stereocenters. The Morgan fingerprint density at radius 1 is 0.636 bits per heavy atom. The number of ether oxygens (including phenoxy) is 4. The second-order valence-electron chi connectivity index (χ2n) is 7.88. The lowest BCUT2D eigenvalue weighted by Crippen LogP contribution is -2.20. The van der Waals surface area contributed by atoms with Gasteiger partial charge in [-0.3, -0.25) is 0 Å². The molecule has 0 amide bonds. The Labute approximate surface area is 197 Å². The summed E-state index contributed by atoms with van der Waals surface area (Å²) in [6, 6.07) is 25.6. The van der Waals surface area contributed by atoms with Crippen LogP contribution in [-0.4, -0.2) is 34.0 Å². The van der Waals surface area contributed by atoms with Crippen LogP contribution in [0, 0.1) is 0 Å². The second-order valence-corrected chi connectivity index (χ2v) is 10.1. The first-order valence-electron chi connectivity index (χ1n) is 11.3. The van der Waals surface area contributed by atoms with E-state index < -0.39 is 7.92 Å². The molecule has 4 aromatic rings. The van der Waals surface area contributed by atoms with E-state index in [4.69, 9.17) is 18.9 Å². The van der Waals surface area contributed by atoms with Crippen LogP contribution in [0.1, 0.15) is 19.8 Å². The molecule has 4 rings (SSSR count). The first-order valence-corrected chi connectivity index (χ1v) is 12.9. The van der Waals surface area contributed by atoms with Crippen LogP contribution in [0.2, 0.25) is 0 Å².